The summed E-state index contributed by atoms with van der Waals surface area (Å²) < 4.78 is 32.3. The van der Waals surface area contributed by atoms with Crippen LogP contribution in [0.1, 0.15) is 21.6 Å². The Labute approximate surface area is 192 Å². The molecule has 1 N–H and O–H groups in total. The molecule has 0 fully saturated rings. The Morgan fingerprint density at radius 3 is 2.09 bits per heavy atom. The number of nitrogens with zero attached hydrogens (tertiary/aromatic N) is 1. The number of aromatic nitrogens is 1. The van der Waals surface area contributed by atoms with E-state index in [1.807, 2.05) is 18.2 Å². The van der Waals surface area contributed by atoms with Gasteiger partial charge in [0.15, 0.2) is 28.8 Å². The minimum atomic E-state index is -0.294. The maximum absolute atomic E-state index is 13.0. The molecule has 176 valence electrons. The lowest BCUT2D eigenvalue weighted by Crippen LogP contribution is -2.26. The summed E-state index contributed by atoms with van der Waals surface area (Å²) in [4.78, 5) is 13.0. The summed E-state index contributed by atoms with van der Waals surface area (Å²) in [5, 5.41) is 6.93. The highest BCUT2D eigenvalue weighted by molar-refractivity contribution is 6.00. The zero-order valence-electron chi connectivity index (χ0n) is 19.6. The minimum Gasteiger partial charge on any atom is -0.493 e. The summed E-state index contributed by atoms with van der Waals surface area (Å²) in [6.07, 6.45) is 0.607. The van der Waals surface area contributed by atoms with E-state index in [0.29, 0.717) is 64.3 Å². The van der Waals surface area contributed by atoms with Crippen molar-refractivity contribution >= 4 is 5.91 Å². The number of amides is 1. The SMILES string of the molecule is COc1ccc(CCNC(=O)c2c(C)noc2-c2cc(OC)c(OC)c(OC)c2)cc1OC. The van der Waals surface area contributed by atoms with Gasteiger partial charge in [-0.1, -0.05) is 11.2 Å². The molecule has 2 aromatic carbocycles. The molecular weight excluding hydrogens is 428 g/mol. The fourth-order valence-electron chi connectivity index (χ4n) is 3.49. The highest BCUT2D eigenvalue weighted by Crippen LogP contribution is 2.42. The third-order valence-corrected chi connectivity index (χ3v) is 5.16. The second-order valence-corrected chi connectivity index (χ2v) is 7.08. The predicted molar refractivity (Wildman–Crippen MR) is 122 cm³/mol. The Kier molecular flexibility index (Phi) is 7.66. The summed E-state index contributed by atoms with van der Waals surface area (Å²) >= 11 is 0. The third-order valence-electron chi connectivity index (χ3n) is 5.16. The average molecular weight is 456 g/mol. The van der Waals surface area contributed by atoms with Crippen LogP contribution in [0.15, 0.2) is 34.9 Å². The molecule has 0 aliphatic rings. The molecule has 0 saturated heterocycles. The second kappa shape index (κ2) is 10.6. The van der Waals surface area contributed by atoms with Crippen molar-refractivity contribution in [3.8, 4) is 40.1 Å². The summed E-state index contributed by atoms with van der Waals surface area (Å²) in [6, 6.07) is 9.07. The molecule has 0 spiro atoms. The zero-order valence-corrected chi connectivity index (χ0v) is 19.6. The molecule has 9 nitrogen and oxygen atoms in total. The monoisotopic (exact) mass is 456 g/mol. The summed E-state index contributed by atoms with van der Waals surface area (Å²) in [5.74, 6) is 2.65. The average Bonchev–Trinajstić information content (AvgIpc) is 3.24. The molecule has 0 unspecified atom stereocenters. The molecule has 1 heterocycles. The van der Waals surface area contributed by atoms with Crippen LogP contribution in [-0.2, 0) is 6.42 Å². The van der Waals surface area contributed by atoms with Gasteiger partial charge in [0.1, 0.15) is 5.56 Å². The first-order chi connectivity index (χ1) is 16.0. The number of ether oxygens (including phenoxy) is 5. The summed E-state index contributed by atoms with van der Waals surface area (Å²) in [5.41, 5.74) is 2.40. The van der Waals surface area contributed by atoms with Crippen LogP contribution in [0, 0.1) is 6.92 Å². The molecule has 33 heavy (non-hydrogen) atoms. The van der Waals surface area contributed by atoms with Gasteiger partial charge in [-0.15, -0.1) is 0 Å². The zero-order chi connectivity index (χ0) is 24.0. The lowest BCUT2D eigenvalue weighted by molar-refractivity contribution is 0.0954. The van der Waals surface area contributed by atoms with Gasteiger partial charge in [0, 0.05) is 12.1 Å². The number of aryl methyl sites for hydroxylation is 1. The molecular formula is C24H28N2O7. The molecule has 0 aliphatic heterocycles. The molecule has 3 rings (SSSR count). The molecule has 0 saturated carbocycles. The van der Waals surface area contributed by atoms with Gasteiger partial charge in [0.2, 0.25) is 5.75 Å². The van der Waals surface area contributed by atoms with Gasteiger partial charge in [0.25, 0.3) is 5.91 Å². The third kappa shape index (κ3) is 4.97. The number of rotatable bonds is 10. The van der Waals surface area contributed by atoms with Crippen molar-refractivity contribution in [2.45, 2.75) is 13.3 Å². The van der Waals surface area contributed by atoms with E-state index >= 15 is 0 Å². The van der Waals surface area contributed by atoms with E-state index in [-0.39, 0.29) is 5.91 Å². The Bertz CT molecular complexity index is 1100. The van der Waals surface area contributed by atoms with Gasteiger partial charge in [-0.25, -0.2) is 0 Å². The van der Waals surface area contributed by atoms with E-state index in [0.717, 1.165) is 5.56 Å². The van der Waals surface area contributed by atoms with Gasteiger partial charge in [0.05, 0.1) is 41.2 Å². The van der Waals surface area contributed by atoms with Crippen LogP contribution in [0.25, 0.3) is 11.3 Å². The molecule has 0 bridgehead atoms. The van der Waals surface area contributed by atoms with Gasteiger partial charge in [-0.3, -0.25) is 4.79 Å². The highest BCUT2D eigenvalue weighted by atomic mass is 16.5. The molecule has 9 heteroatoms. The van der Waals surface area contributed by atoms with Crippen LogP contribution in [0.5, 0.6) is 28.7 Å². The number of hydrogen-bond acceptors (Lipinski definition) is 8. The van der Waals surface area contributed by atoms with Crippen LogP contribution in [0.4, 0.5) is 0 Å². The highest BCUT2D eigenvalue weighted by Gasteiger charge is 2.24. The first-order valence-corrected chi connectivity index (χ1v) is 10.2. The van der Waals surface area contributed by atoms with Crippen LogP contribution in [0.2, 0.25) is 0 Å². The topological polar surface area (TPSA) is 101 Å². The predicted octanol–water partition coefficient (Wildman–Crippen LogP) is 3.67. The van der Waals surface area contributed by atoms with E-state index in [1.165, 1.54) is 21.3 Å². The first-order valence-electron chi connectivity index (χ1n) is 10.2. The van der Waals surface area contributed by atoms with Crippen molar-refractivity contribution in [2.24, 2.45) is 0 Å². The normalized spacial score (nSPS) is 10.5. The number of methoxy groups -OCH3 is 5. The van der Waals surface area contributed by atoms with Crippen LogP contribution >= 0.6 is 0 Å². The lowest BCUT2D eigenvalue weighted by Gasteiger charge is -2.13. The Morgan fingerprint density at radius 2 is 1.52 bits per heavy atom. The van der Waals surface area contributed by atoms with E-state index in [9.17, 15) is 4.79 Å². The number of benzene rings is 2. The fraction of sp³-hybridized carbons (Fsp3) is 0.333. The number of nitrogens with one attached hydrogen (secondary N) is 1. The molecule has 3 aromatic rings. The number of carbonyl (C=O) groups excluding carboxylic acids is 1. The number of carbonyl (C=O) groups is 1. The smallest absolute Gasteiger partial charge is 0.257 e. The second-order valence-electron chi connectivity index (χ2n) is 7.08. The van der Waals surface area contributed by atoms with Crippen LogP contribution in [0.3, 0.4) is 0 Å². The Morgan fingerprint density at radius 1 is 0.879 bits per heavy atom. The molecule has 0 aliphatic carbocycles. The quantitative estimate of drug-likeness (QED) is 0.493. The van der Waals surface area contributed by atoms with Crippen molar-refractivity contribution in [1.29, 1.82) is 0 Å². The van der Waals surface area contributed by atoms with E-state index < -0.39 is 0 Å². The maximum atomic E-state index is 13.0. The van der Waals surface area contributed by atoms with Crippen molar-refractivity contribution < 1.29 is 33.0 Å². The molecule has 0 atom stereocenters. The van der Waals surface area contributed by atoms with Gasteiger partial charge in [-0.2, -0.15) is 0 Å². The fourth-order valence-corrected chi connectivity index (χ4v) is 3.49. The van der Waals surface area contributed by atoms with Crippen LogP contribution < -0.4 is 29.0 Å². The molecule has 1 aromatic heterocycles. The van der Waals surface area contributed by atoms with Gasteiger partial charge >= 0.3 is 0 Å². The van der Waals surface area contributed by atoms with Crippen molar-refractivity contribution in [3.63, 3.8) is 0 Å². The standard InChI is InChI=1S/C24H28N2O7/c1-14-21(24(27)25-10-9-15-7-8-17(28-2)18(11-15)29-3)22(33-26-14)16-12-19(30-4)23(32-6)20(13-16)31-5/h7-8,11-13H,9-10H2,1-6H3,(H,25,27). The Hall–Kier alpha value is -3.88. The molecule has 1 amide bonds. The largest absolute Gasteiger partial charge is 0.493 e. The van der Waals surface area contributed by atoms with E-state index in [2.05, 4.69) is 10.5 Å². The lowest BCUT2D eigenvalue weighted by atomic mass is 10.0. The first kappa shape index (κ1) is 23.8. The van der Waals surface area contributed by atoms with Crippen molar-refractivity contribution in [2.75, 3.05) is 42.1 Å². The van der Waals surface area contributed by atoms with Crippen LogP contribution in [-0.4, -0.2) is 53.2 Å². The van der Waals surface area contributed by atoms with Gasteiger partial charge in [-0.05, 0) is 43.2 Å². The minimum absolute atomic E-state index is 0.294. The van der Waals surface area contributed by atoms with Crippen molar-refractivity contribution in [1.82, 2.24) is 10.5 Å². The Balaban J connectivity index is 1.81. The summed E-state index contributed by atoms with van der Waals surface area (Å²) in [7, 11) is 7.74. The van der Waals surface area contributed by atoms with E-state index in [1.54, 1.807) is 33.3 Å². The summed E-state index contributed by atoms with van der Waals surface area (Å²) in [6.45, 7) is 2.13. The van der Waals surface area contributed by atoms with Crippen molar-refractivity contribution in [3.05, 3.63) is 47.2 Å². The maximum Gasteiger partial charge on any atom is 0.257 e. The molecule has 0 radical (unpaired) electrons. The van der Waals surface area contributed by atoms with Gasteiger partial charge < -0.3 is 33.5 Å². The van der Waals surface area contributed by atoms with E-state index in [4.69, 9.17) is 28.2 Å². The number of hydrogen-bond donors (Lipinski definition) is 1.